The molecule has 0 saturated carbocycles. The first kappa shape index (κ1) is 12.5. The summed E-state index contributed by atoms with van der Waals surface area (Å²) in [5.41, 5.74) is 4.89. The van der Waals surface area contributed by atoms with Gasteiger partial charge < -0.3 is 15.8 Å². The molecule has 1 saturated heterocycles. The molecule has 0 aromatic carbocycles. The van der Waals surface area contributed by atoms with Crippen molar-refractivity contribution in [2.75, 3.05) is 6.61 Å². The van der Waals surface area contributed by atoms with Crippen molar-refractivity contribution < 1.29 is 9.53 Å². The van der Waals surface area contributed by atoms with Crippen LogP contribution in [0.1, 0.15) is 40.0 Å². The summed E-state index contributed by atoms with van der Waals surface area (Å²) in [6.45, 7) is 6.27. The van der Waals surface area contributed by atoms with Crippen LogP contribution in [0.25, 0.3) is 0 Å². The van der Waals surface area contributed by atoms with Gasteiger partial charge in [-0.2, -0.15) is 0 Å². The van der Waals surface area contributed by atoms with E-state index in [1.807, 2.05) is 6.92 Å². The molecule has 4 heteroatoms. The lowest BCUT2D eigenvalue weighted by atomic mass is 10.0. The van der Waals surface area contributed by atoms with Crippen molar-refractivity contribution in [1.29, 1.82) is 0 Å². The molecule has 0 aromatic heterocycles. The second-order valence-corrected chi connectivity index (χ2v) is 4.97. The third-order valence-corrected chi connectivity index (χ3v) is 2.60. The molecule has 0 radical (unpaired) electrons. The molecular formula is C11H22N2O2. The predicted octanol–water partition coefficient (Wildman–Crippen LogP) is 0.798. The molecular weight excluding hydrogens is 192 g/mol. The van der Waals surface area contributed by atoms with Gasteiger partial charge in [-0.25, -0.2) is 0 Å². The molecule has 2 atom stereocenters. The molecule has 3 N–H and O–H groups in total. The van der Waals surface area contributed by atoms with Gasteiger partial charge in [0.1, 0.15) is 0 Å². The monoisotopic (exact) mass is 214 g/mol. The Balaban J connectivity index is 2.28. The maximum Gasteiger partial charge on any atom is 0.239 e. The van der Waals surface area contributed by atoms with Crippen LogP contribution in [0.2, 0.25) is 0 Å². The minimum Gasteiger partial charge on any atom is -0.378 e. The molecule has 88 valence electrons. The molecule has 2 unspecified atom stereocenters. The Labute approximate surface area is 91.5 Å². The molecule has 15 heavy (non-hydrogen) atoms. The zero-order valence-electron chi connectivity index (χ0n) is 9.88. The van der Waals surface area contributed by atoms with E-state index in [-0.39, 0.29) is 11.9 Å². The number of nitrogens with two attached hydrogens (primary N) is 1. The SMILES string of the molecule is CC(CC1CCCO1)NC(=O)C(C)(C)N. The molecule has 0 aromatic rings. The van der Waals surface area contributed by atoms with Crippen LogP contribution in [-0.2, 0) is 9.53 Å². The van der Waals surface area contributed by atoms with Crippen LogP contribution in [0.5, 0.6) is 0 Å². The van der Waals surface area contributed by atoms with Gasteiger partial charge in [-0.05, 0) is 40.0 Å². The van der Waals surface area contributed by atoms with Gasteiger partial charge >= 0.3 is 0 Å². The van der Waals surface area contributed by atoms with E-state index in [1.54, 1.807) is 13.8 Å². The standard InChI is InChI=1S/C11H22N2O2/c1-8(7-9-5-4-6-15-9)13-10(14)11(2,3)12/h8-9H,4-7,12H2,1-3H3,(H,13,14). The van der Waals surface area contributed by atoms with Crippen molar-refractivity contribution >= 4 is 5.91 Å². The second-order valence-electron chi connectivity index (χ2n) is 4.97. The van der Waals surface area contributed by atoms with E-state index in [9.17, 15) is 4.79 Å². The van der Waals surface area contributed by atoms with Crippen LogP contribution in [-0.4, -0.2) is 30.2 Å². The minimum atomic E-state index is -0.801. The first-order valence-corrected chi connectivity index (χ1v) is 5.61. The first-order valence-electron chi connectivity index (χ1n) is 5.61. The highest BCUT2D eigenvalue weighted by Crippen LogP contribution is 2.16. The summed E-state index contributed by atoms with van der Waals surface area (Å²) in [5, 5.41) is 2.90. The van der Waals surface area contributed by atoms with Gasteiger partial charge in [0.2, 0.25) is 5.91 Å². The maximum atomic E-state index is 11.6. The Morgan fingerprint density at radius 2 is 2.33 bits per heavy atom. The largest absolute Gasteiger partial charge is 0.378 e. The Morgan fingerprint density at radius 1 is 1.67 bits per heavy atom. The smallest absolute Gasteiger partial charge is 0.239 e. The molecule has 1 aliphatic heterocycles. The fourth-order valence-corrected chi connectivity index (χ4v) is 1.69. The Bertz CT molecular complexity index is 217. The van der Waals surface area contributed by atoms with Gasteiger partial charge in [0.25, 0.3) is 0 Å². The van der Waals surface area contributed by atoms with Crippen LogP contribution < -0.4 is 11.1 Å². The number of nitrogens with one attached hydrogen (secondary N) is 1. The lowest BCUT2D eigenvalue weighted by Crippen LogP contribution is -2.52. The van der Waals surface area contributed by atoms with E-state index in [0.29, 0.717) is 6.10 Å². The molecule has 0 bridgehead atoms. The molecule has 1 rings (SSSR count). The molecule has 1 aliphatic rings. The molecule has 1 amide bonds. The van der Waals surface area contributed by atoms with E-state index in [4.69, 9.17) is 10.5 Å². The normalized spacial score (nSPS) is 23.9. The summed E-state index contributed by atoms with van der Waals surface area (Å²) in [6.07, 6.45) is 3.42. The number of hydrogen-bond donors (Lipinski definition) is 2. The van der Waals surface area contributed by atoms with E-state index >= 15 is 0 Å². The van der Waals surface area contributed by atoms with E-state index in [0.717, 1.165) is 25.9 Å². The number of carbonyl (C=O) groups is 1. The fourth-order valence-electron chi connectivity index (χ4n) is 1.69. The van der Waals surface area contributed by atoms with Crippen molar-refractivity contribution in [3.05, 3.63) is 0 Å². The van der Waals surface area contributed by atoms with E-state index < -0.39 is 5.54 Å². The van der Waals surface area contributed by atoms with Crippen LogP contribution >= 0.6 is 0 Å². The highest BCUT2D eigenvalue weighted by molar-refractivity contribution is 5.85. The molecule has 1 heterocycles. The van der Waals surface area contributed by atoms with Crippen molar-refractivity contribution in [3.8, 4) is 0 Å². The highest BCUT2D eigenvalue weighted by atomic mass is 16.5. The summed E-state index contributed by atoms with van der Waals surface area (Å²) in [6, 6.07) is 0.128. The van der Waals surface area contributed by atoms with Gasteiger partial charge in [-0.1, -0.05) is 0 Å². The zero-order valence-corrected chi connectivity index (χ0v) is 9.88. The average molecular weight is 214 g/mol. The molecule has 0 aliphatic carbocycles. The third-order valence-electron chi connectivity index (χ3n) is 2.60. The average Bonchev–Trinajstić information content (AvgIpc) is 2.54. The van der Waals surface area contributed by atoms with E-state index in [1.165, 1.54) is 0 Å². The van der Waals surface area contributed by atoms with Crippen LogP contribution in [0.15, 0.2) is 0 Å². The summed E-state index contributed by atoms with van der Waals surface area (Å²) in [7, 11) is 0. The number of ether oxygens (including phenoxy) is 1. The quantitative estimate of drug-likeness (QED) is 0.727. The summed E-state index contributed by atoms with van der Waals surface area (Å²) in [4.78, 5) is 11.6. The molecule has 4 nitrogen and oxygen atoms in total. The Kier molecular flexibility index (Phi) is 4.11. The first-order chi connectivity index (χ1) is 6.89. The predicted molar refractivity (Wildman–Crippen MR) is 59.5 cm³/mol. The lowest BCUT2D eigenvalue weighted by Gasteiger charge is -2.23. The van der Waals surface area contributed by atoms with Gasteiger partial charge in [0.05, 0.1) is 11.6 Å². The lowest BCUT2D eigenvalue weighted by molar-refractivity contribution is -0.126. The van der Waals surface area contributed by atoms with Crippen LogP contribution in [0, 0.1) is 0 Å². The van der Waals surface area contributed by atoms with Gasteiger partial charge in [0.15, 0.2) is 0 Å². The van der Waals surface area contributed by atoms with E-state index in [2.05, 4.69) is 5.32 Å². The minimum absolute atomic E-state index is 0.104. The van der Waals surface area contributed by atoms with Crippen molar-refractivity contribution in [3.63, 3.8) is 0 Å². The molecule has 1 fully saturated rings. The van der Waals surface area contributed by atoms with Gasteiger partial charge in [-0.15, -0.1) is 0 Å². The number of rotatable bonds is 4. The van der Waals surface area contributed by atoms with Gasteiger partial charge in [0, 0.05) is 12.6 Å². The summed E-state index contributed by atoms with van der Waals surface area (Å²) < 4.78 is 5.51. The fraction of sp³-hybridized carbons (Fsp3) is 0.909. The van der Waals surface area contributed by atoms with Crippen molar-refractivity contribution in [2.24, 2.45) is 5.73 Å². The van der Waals surface area contributed by atoms with Crippen LogP contribution in [0.4, 0.5) is 0 Å². The number of carbonyl (C=O) groups excluding carboxylic acids is 1. The van der Waals surface area contributed by atoms with Crippen LogP contribution in [0.3, 0.4) is 0 Å². The van der Waals surface area contributed by atoms with Crippen molar-refractivity contribution in [2.45, 2.75) is 57.7 Å². The Morgan fingerprint density at radius 3 is 2.80 bits per heavy atom. The topological polar surface area (TPSA) is 64.3 Å². The molecule has 0 spiro atoms. The highest BCUT2D eigenvalue weighted by Gasteiger charge is 2.25. The zero-order chi connectivity index (χ0) is 11.5. The second kappa shape index (κ2) is 4.94. The number of hydrogen-bond acceptors (Lipinski definition) is 3. The third kappa shape index (κ3) is 4.18. The van der Waals surface area contributed by atoms with Crippen molar-refractivity contribution in [1.82, 2.24) is 5.32 Å². The summed E-state index contributed by atoms with van der Waals surface area (Å²) >= 11 is 0. The number of amides is 1. The summed E-state index contributed by atoms with van der Waals surface area (Å²) in [5.74, 6) is -0.104. The maximum absolute atomic E-state index is 11.6. The van der Waals surface area contributed by atoms with Gasteiger partial charge in [-0.3, -0.25) is 4.79 Å². The Hall–Kier alpha value is -0.610.